The molecule has 4 atom stereocenters. The van der Waals surface area contributed by atoms with Crippen molar-refractivity contribution in [3.63, 3.8) is 0 Å². The molecule has 5 heterocycles. The summed E-state index contributed by atoms with van der Waals surface area (Å²) in [5.74, 6) is 0. The molecule has 3 aliphatic rings. The lowest BCUT2D eigenvalue weighted by molar-refractivity contribution is 0.0273. The summed E-state index contributed by atoms with van der Waals surface area (Å²) in [6, 6.07) is 19.0. The zero-order chi connectivity index (χ0) is 24.8. The van der Waals surface area contributed by atoms with Crippen LogP contribution < -0.4 is 10.1 Å². The minimum atomic E-state index is -0.184. The van der Waals surface area contributed by atoms with E-state index < -0.39 is 0 Å². The molecule has 0 aliphatic carbocycles. The number of hydrogen-bond acceptors (Lipinski definition) is 7. The zero-order valence-corrected chi connectivity index (χ0v) is 20.9. The number of fused-ring (bicyclic) bond motifs is 2. The van der Waals surface area contributed by atoms with Crippen molar-refractivity contribution in [2.24, 2.45) is 0 Å². The minimum absolute atomic E-state index is 0.0485. The van der Waals surface area contributed by atoms with Crippen molar-refractivity contribution in [1.82, 2.24) is 20.3 Å². The van der Waals surface area contributed by atoms with Crippen molar-refractivity contribution in [3.05, 3.63) is 65.2 Å². The van der Waals surface area contributed by atoms with Crippen molar-refractivity contribution in [2.45, 2.75) is 30.8 Å². The van der Waals surface area contributed by atoms with Crippen LogP contribution in [-0.4, -0.2) is 66.2 Å². The van der Waals surface area contributed by atoms with Gasteiger partial charge in [-0.2, -0.15) is 4.98 Å². The van der Waals surface area contributed by atoms with Crippen LogP contribution in [0, 0.1) is 0 Å². The van der Waals surface area contributed by atoms with Gasteiger partial charge in [0.25, 0.3) is 6.01 Å². The van der Waals surface area contributed by atoms with Crippen LogP contribution in [-0.2, 0) is 14.2 Å². The van der Waals surface area contributed by atoms with Crippen molar-refractivity contribution < 1.29 is 18.9 Å². The normalized spacial score (nSPS) is 25.4. The molecule has 0 bridgehead atoms. The number of halogens is 1. The fraction of sp³-hybridized carbons (Fsp3) is 0.357. The molecule has 3 saturated heterocycles. The molecule has 2 unspecified atom stereocenters. The number of aromatic nitrogens is 3. The second kappa shape index (κ2) is 9.70. The summed E-state index contributed by atoms with van der Waals surface area (Å²) in [6.45, 7) is 3.70. The van der Waals surface area contributed by atoms with Gasteiger partial charge in [-0.25, -0.2) is 4.98 Å². The number of morpholine rings is 1. The highest BCUT2D eigenvalue weighted by molar-refractivity contribution is 6.33. The zero-order valence-electron chi connectivity index (χ0n) is 20.2. The number of benzene rings is 2. The number of rotatable bonds is 5. The highest BCUT2D eigenvalue weighted by atomic mass is 35.5. The van der Waals surface area contributed by atoms with Gasteiger partial charge in [0, 0.05) is 25.3 Å². The number of nitrogens with one attached hydrogen (secondary N) is 2. The van der Waals surface area contributed by atoms with Gasteiger partial charge < -0.3 is 29.2 Å². The topological polar surface area (TPSA) is 90.5 Å². The van der Waals surface area contributed by atoms with E-state index in [0.717, 1.165) is 48.3 Å². The molecule has 9 heteroatoms. The lowest BCUT2D eigenvalue weighted by Gasteiger charge is -2.24. The van der Waals surface area contributed by atoms with Gasteiger partial charge in [-0.1, -0.05) is 60.1 Å². The molecule has 2 aromatic heterocycles. The Kier molecular flexibility index (Phi) is 6.07. The third-order valence-corrected chi connectivity index (χ3v) is 7.58. The van der Waals surface area contributed by atoms with Crippen molar-refractivity contribution >= 4 is 22.8 Å². The Morgan fingerprint density at radius 2 is 1.68 bits per heavy atom. The third kappa shape index (κ3) is 4.49. The Labute approximate surface area is 219 Å². The van der Waals surface area contributed by atoms with Crippen LogP contribution in [0.1, 0.15) is 18.1 Å². The highest BCUT2D eigenvalue weighted by Crippen LogP contribution is 2.33. The van der Waals surface area contributed by atoms with Crippen LogP contribution in [0.2, 0.25) is 5.02 Å². The molecular formula is C28H27ClN4O4. The predicted octanol–water partition coefficient (Wildman–Crippen LogP) is 4.54. The first-order valence-electron chi connectivity index (χ1n) is 12.7. The van der Waals surface area contributed by atoms with E-state index in [4.69, 9.17) is 35.5 Å². The first-order chi connectivity index (χ1) is 18.2. The van der Waals surface area contributed by atoms with Gasteiger partial charge in [0.15, 0.2) is 11.8 Å². The number of nitrogens with zero attached hydrogens (tertiary/aromatic N) is 2. The first-order valence-corrected chi connectivity index (χ1v) is 13.1. The average molecular weight is 519 g/mol. The second-order valence-electron chi connectivity index (χ2n) is 9.65. The second-order valence-corrected chi connectivity index (χ2v) is 10.1. The molecule has 0 amide bonds. The molecule has 8 nitrogen and oxygen atoms in total. The van der Waals surface area contributed by atoms with Crippen LogP contribution in [0.25, 0.3) is 33.5 Å². The number of hydrogen-bond donors (Lipinski definition) is 2. The molecule has 0 saturated carbocycles. The van der Waals surface area contributed by atoms with Crippen molar-refractivity contribution in [3.8, 4) is 28.4 Å². The van der Waals surface area contributed by atoms with E-state index in [1.54, 1.807) is 0 Å². The SMILES string of the molecule is Clc1cc2[nH]c(OC3CO[C@@H]4CCO[C@H]34)nc2nc1-c1ccc(-c2ccc(C3CNCCO3)cc2)cc1. The smallest absolute Gasteiger partial charge is 0.296 e. The molecule has 37 heavy (non-hydrogen) atoms. The number of H-pyrrole nitrogens is 1. The van der Waals surface area contributed by atoms with Gasteiger partial charge in [0.2, 0.25) is 0 Å². The van der Waals surface area contributed by atoms with E-state index in [1.165, 1.54) is 5.56 Å². The van der Waals surface area contributed by atoms with E-state index >= 15 is 0 Å². The molecule has 2 aromatic carbocycles. The maximum atomic E-state index is 6.63. The fourth-order valence-electron chi connectivity index (χ4n) is 5.32. The Balaban J connectivity index is 1.09. The van der Waals surface area contributed by atoms with Gasteiger partial charge in [-0.05, 0) is 29.2 Å². The molecule has 7 rings (SSSR count). The number of imidazole rings is 1. The molecular weight excluding hydrogens is 492 g/mol. The fourth-order valence-corrected chi connectivity index (χ4v) is 5.58. The molecule has 0 spiro atoms. The van der Waals surface area contributed by atoms with Crippen molar-refractivity contribution in [1.29, 1.82) is 0 Å². The molecule has 0 radical (unpaired) electrons. The Morgan fingerprint density at radius 1 is 0.892 bits per heavy atom. The molecule has 2 N–H and O–H groups in total. The molecule has 3 fully saturated rings. The maximum Gasteiger partial charge on any atom is 0.296 e. The molecule has 190 valence electrons. The molecule has 4 aromatic rings. The van der Waals surface area contributed by atoms with E-state index in [2.05, 4.69) is 51.7 Å². The van der Waals surface area contributed by atoms with E-state index in [1.807, 2.05) is 18.2 Å². The first kappa shape index (κ1) is 23.1. The standard InChI is InChI=1S/C28H27ClN4O4/c29-20-13-21-27(33-28(31-21)37-24-15-36-22-9-11-35-26(22)24)32-25(20)19-7-3-17(4-8-19)16-1-5-18(6-2-16)23-14-30-10-12-34-23/h1-8,13,22-24,26,30H,9-12,14-15H2,(H,31,32,33)/t22-,23?,24?,26+/m1/s1. The summed E-state index contributed by atoms with van der Waals surface area (Å²) in [7, 11) is 0. The summed E-state index contributed by atoms with van der Waals surface area (Å²) < 4.78 is 23.5. The predicted molar refractivity (Wildman–Crippen MR) is 140 cm³/mol. The van der Waals surface area contributed by atoms with Gasteiger partial charge in [-0.15, -0.1) is 0 Å². The summed E-state index contributed by atoms with van der Waals surface area (Å²) in [5, 5.41) is 3.92. The Morgan fingerprint density at radius 3 is 2.46 bits per heavy atom. The van der Waals surface area contributed by atoms with Gasteiger partial charge >= 0.3 is 0 Å². The lowest BCUT2D eigenvalue weighted by Crippen LogP contribution is -2.33. The highest BCUT2D eigenvalue weighted by Gasteiger charge is 2.43. The summed E-state index contributed by atoms with van der Waals surface area (Å²) in [4.78, 5) is 12.5. The summed E-state index contributed by atoms with van der Waals surface area (Å²) >= 11 is 6.63. The van der Waals surface area contributed by atoms with Crippen LogP contribution in [0.3, 0.4) is 0 Å². The van der Waals surface area contributed by atoms with Crippen LogP contribution in [0.5, 0.6) is 6.01 Å². The molecule has 3 aliphatic heterocycles. The van der Waals surface area contributed by atoms with Crippen LogP contribution >= 0.6 is 11.6 Å². The monoisotopic (exact) mass is 518 g/mol. The average Bonchev–Trinajstić information content (AvgIpc) is 3.66. The Hall–Kier alpha value is -3.01. The van der Waals surface area contributed by atoms with Gasteiger partial charge in [0.1, 0.15) is 6.10 Å². The quantitative estimate of drug-likeness (QED) is 0.401. The number of aromatic amines is 1. The largest absolute Gasteiger partial charge is 0.456 e. The van der Waals surface area contributed by atoms with E-state index in [0.29, 0.717) is 35.6 Å². The van der Waals surface area contributed by atoms with E-state index in [9.17, 15) is 0 Å². The summed E-state index contributed by atoms with van der Waals surface area (Å²) in [5.41, 5.74) is 6.33. The number of ether oxygens (including phenoxy) is 4. The van der Waals surface area contributed by atoms with Crippen LogP contribution in [0.4, 0.5) is 0 Å². The van der Waals surface area contributed by atoms with Crippen molar-refractivity contribution in [2.75, 3.05) is 32.9 Å². The summed E-state index contributed by atoms with van der Waals surface area (Å²) in [6.07, 6.45) is 0.894. The number of pyridine rings is 1. The van der Waals surface area contributed by atoms with Crippen LogP contribution in [0.15, 0.2) is 54.6 Å². The van der Waals surface area contributed by atoms with Gasteiger partial charge in [0.05, 0.1) is 41.7 Å². The maximum absolute atomic E-state index is 6.63. The van der Waals surface area contributed by atoms with E-state index in [-0.39, 0.29) is 24.4 Å². The minimum Gasteiger partial charge on any atom is -0.456 e. The van der Waals surface area contributed by atoms with Gasteiger partial charge in [-0.3, -0.25) is 0 Å². The Bertz CT molecular complexity index is 1400. The lowest BCUT2D eigenvalue weighted by atomic mass is 9.99. The third-order valence-electron chi connectivity index (χ3n) is 7.29.